The summed E-state index contributed by atoms with van der Waals surface area (Å²) in [5.74, 6) is 0. The Balaban J connectivity index is 2.04. The van der Waals surface area contributed by atoms with Gasteiger partial charge < -0.3 is 9.31 Å². The predicted molar refractivity (Wildman–Crippen MR) is 61.9 cm³/mol. The van der Waals surface area contributed by atoms with Crippen LogP contribution in [0.1, 0.15) is 32.7 Å². The highest BCUT2D eigenvalue weighted by atomic mass is 32.1. The van der Waals surface area contributed by atoms with Crippen LogP contribution in [0, 0.1) is 0 Å². The van der Waals surface area contributed by atoms with E-state index in [0.29, 0.717) is 0 Å². The van der Waals surface area contributed by atoms with Crippen LogP contribution in [0.3, 0.4) is 0 Å². The van der Waals surface area contributed by atoms with Crippen molar-refractivity contribution in [1.82, 2.24) is 4.98 Å². The normalized spacial score (nSPS) is 23.3. The molecule has 1 aliphatic heterocycles. The van der Waals surface area contributed by atoms with E-state index in [-0.39, 0.29) is 18.3 Å². The van der Waals surface area contributed by atoms with E-state index in [0.717, 1.165) is 11.3 Å². The Kier molecular flexibility index (Phi) is 2.65. The van der Waals surface area contributed by atoms with Crippen molar-refractivity contribution in [3.63, 3.8) is 0 Å². The molecule has 0 radical (unpaired) electrons. The Morgan fingerprint density at radius 3 is 2.33 bits per heavy atom. The Bertz CT molecular complexity index is 321. The van der Waals surface area contributed by atoms with Gasteiger partial charge in [-0.2, -0.15) is 0 Å². The molecular formula is C10H16BNO2S. The van der Waals surface area contributed by atoms with Gasteiger partial charge in [0.2, 0.25) is 0 Å². The minimum absolute atomic E-state index is 0.166. The second kappa shape index (κ2) is 3.58. The summed E-state index contributed by atoms with van der Waals surface area (Å²) in [6.45, 7) is 8.26. The zero-order valence-corrected chi connectivity index (χ0v) is 10.4. The lowest BCUT2D eigenvalue weighted by atomic mass is 9.85. The largest absolute Gasteiger partial charge is 0.464 e. The van der Waals surface area contributed by atoms with Crippen LogP contribution in [0.4, 0.5) is 0 Å². The van der Waals surface area contributed by atoms with Gasteiger partial charge in [0.1, 0.15) is 0 Å². The zero-order valence-electron chi connectivity index (χ0n) is 9.61. The molecule has 15 heavy (non-hydrogen) atoms. The third kappa shape index (κ3) is 2.09. The van der Waals surface area contributed by atoms with Crippen LogP contribution in [-0.4, -0.2) is 23.3 Å². The van der Waals surface area contributed by atoms with Crippen molar-refractivity contribution in [2.24, 2.45) is 0 Å². The Labute approximate surface area is 95.0 Å². The molecule has 1 aliphatic rings. The van der Waals surface area contributed by atoms with Crippen molar-refractivity contribution >= 4 is 18.5 Å². The van der Waals surface area contributed by atoms with E-state index in [1.54, 1.807) is 11.3 Å². The number of thiazole rings is 1. The van der Waals surface area contributed by atoms with Gasteiger partial charge in [-0.25, -0.2) is 0 Å². The topological polar surface area (TPSA) is 31.4 Å². The fourth-order valence-electron chi connectivity index (χ4n) is 1.54. The van der Waals surface area contributed by atoms with Crippen molar-refractivity contribution in [1.29, 1.82) is 0 Å². The van der Waals surface area contributed by atoms with Crippen LogP contribution < -0.4 is 0 Å². The SMILES string of the molecule is CC1(C)OB(Cc2nccs2)OC1(C)C. The highest BCUT2D eigenvalue weighted by Gasteiger charge is 2.50. The number of aromatic nitrogens is 1. The maximum Gasteiger partial charge on any atom is 0.464 e. The van der Waals surface area contributed by atoms with Crippen LogP contribution in [0.2, 0.25) is 0 Å². The van der Waals surface area contributed by atoms with E-state index in [1.807, 2.05) is 11.6 Å². The average Bonchev–Trinajstić information content (AvgIpc) is 2.59. The molecule has 2 rings (SSSR count). The van der Waals surface area contributed by atoms with E-state index >= 15 is 0 Å². The molecular weight excluding hydrogens is 209 g/mol. The van der Waals surface area contributed by atoms with Crippen molar-refractivity contribution < 1.29 is 9.31 Å². The van der Waals surface area contributed by atoms with Gasteiger partial charge in [0.25, 0.3) is 0 Å². The Morgan fingerprint density at radius 1 is 1.27 bits per heavy atom. The smallest absolute Gasteiger partial charge is 0.403 e. The number of hydrogen-bond acceptors (Lipinski definition) is 4. The first kappa shape index (κ1) is 11.1. The summed E-state index contributed by atoms with van der Waals surface area (Å²) >= 11 is 1.64. The lowest BCUT2D eigenvalue weighted by Crippen LogP contribution is -2.41. The summed E-state index contributed by atoms with van der Waals surface area (Å²) in [6.07, 6.45) is 2.55. The number of rotatable bonds is 2. The van der Waals surface area contributed by atoms with Crippen molar-refractivity contribution in [3.05, 3.63) is 16.6 Å². The van der Waals surface area contributed by atoms with E-state index in [9.17, 15) is 0 Å². The van der Waals surface area contributed by atoms with Crippen LogP contribution >= 0.6 is 11.3 Å². The summed E-state index contributed by atoms with van der Waals surface area (Å²) in [7, 11) is -0.166. The molecule has 0 bridgehead atoms. The summed E-state index contributed by atoms with van der Waals surface area (Å²) < 4.78 is 11.8. The quantitative estimate of drug-likeness (QED) is 0.724. The molecule has 0 atom stereocenters. The fourth-order valence-corrected chi connectivity index (χ4v) is 2.18. The molecule has 1 saturated heterocycles. The van der Waals surface area contributed by atoms with Crippen molar-refractivity contribution in [3.8, 4) is 0 Å². The molecule has 0 aliphatic carbocycles. The summed E-state index contributed by atoms with van der Waals surface area (Å²) in [4.78, 5) is 4.23. The third-order valence-electron chi connectivity index (χ3n) is 3.13. The number of hydrogen-bond donors (Lipinski definition) is 0. The summed E-state index contributed by atoms with van der Waals surface area (Å²) in [5.41, 5.74) is -0.482. The molecule has 0 amide bonds. The van der Waals surface area contributed by atoms with E-state index in [2.05, 4.69) is 32.7 Å². The summed E-state index contributed by atoms with van der Waals surface area (Å²) in [6, 6.07) is 0. The highest BCUT2D eigenvalue weighted by molar-refractivity contribution is 7.09. The molecule has 3 nitrogen and oxygen atoms in total. The van der Waals surface area contributed by atoms with Crippen LogP contribution in [-0.2, 0) is 15.6 Å². The molecule has 0 unspecified atom stereocenters. The van der Waals surface area contributed by atoms with Crippen LogP contribution in [0.15, 0.2) is 11.6 Å². The van der Waals surface area contributed by atoms with E-state index in [1.165, 1.54) is 0 Å². The molecule has 1 aromatic rings. The molecule has 2 heterocycles. The van der Waals surface area contributed by atoms with Gasteiger partial charge in [-0.15, -0.1) is 11.3 Å². The van der Waals surface area contributed by atoms with Gasteiger partial charge >= 0.3 is 7.12 Å². The maximum absolute atomic E-state index is 5.88. The van der Waals surface area contributed by atoms with Gasteiger partial charge in [-0.05, 0) is 27.7 Å². The molecule has 5 heteroatoms. The maximum atomic E-state index is 5.88. The highest BCUT2D eigenvalue weighted by Crippen LogP contribution is 2.37. The van der Waals surface area contributed by atoms with Gasteiger partial charge in [0.15, 0.2) is 0 Å². The lowest BCUT2D eigenvalue weighted by Gasteiger charge is -2.32. The first-order chi connectivity index (χ1) is 6.91. The monoisotopic (exact) mass is 225 g/mol. The van der Waals surface area contributed by atoms with Crippen LogP contribution in [0.25, 0.3) is 0 Å². The molecule has 82 valence electrons. The minimum atomic E-state index is -0.241. The lowest BCUT2D eigenvalue weighted by molar-refractivity contribution is 0.00578. The van der Waals surface area contributed by atoms with Gasteiger partial charge in [0, 0.05) is 17.9 Å². The molecule has 1 fully saturated rings. The van der Waals surface area contributed by atoms with Crippen molar-refractivity contribution in [2.75, 3.05) is 0 Å². The van der Waals surface area contributed by atoms with Gasteiger partial charge in [-0.3, -0.25) is 4.98 Å². The fraction of sp³-hybridized carbons (Fsp3) is 0.700. The second-order valence-corrected chi connectivity index (χ2v) is 5.79. The number of nitrogens with zero attached hydrogens (tertiary/aromatic N) is 1. The third-order valence-corrected chi connectivity index (χ3v) is 3.93. The van der Waals surface area contributed by atoms with E-state index < -0.39 is 0 Å². The molecule has 0 saturated carbocycles. The molecule has 0 spiro atoms. The Morgan fingerprint density at radius 2 is 1.87 bits per heavy atom. The second-order valence-electron chi connectivity index (χ2n) is 4.82. The van der Waals surface area contributed by atoms with Gasteiger partial charge in [-0.1, -0.05) is 0 Å². The van der Waals surface area contributed by atoms with Gasteiger partial charge in [0.05, 0.1) is 16.2 Å². The molecule has 0 N–H and O–H groups in total. The summed E-state index contributed by atoms with van der Waals surface area (Å²) in [5, 5.41) is 3.04. The first-order valence-corrected chi connectivity index (χ1v) is 6.03. The average molecular weight is 225 g/mol. The van der Waals surface area contributed by atoms with Crippen molar-refractivity contribution in [2.45, 2.75) is 45.2 Å². The standard InChI is InChI=1S/C10H16BNO2S/c1-9(2)10(3,4)14-11(13-9)7-8-12-5-6-15-8/h5-6H,7H2,1-4H3. The first-order valence-electron chi connectivity index (χ1n) is 5.15. The Hall–Kier alpha value is -0.385. The minimum Gasteiger partial charge on any atom is -0.403 e. The molecule has 0 aromatic carbocycles. The zero-order chi connectivity index (χ0) is 11.1. The van der Waals surface area contributed by atoms with E-state index in [4.69, 9.17) is 9.31 Å². The predicted octanol–water partition coefficient (Wildman–Crippen LogP) is 2.32. The van der Waals surface area contributed by atoms with Crippen LogP contribution in [0.5, 0.6) is 0 Å². The molecule has 1 aromatic heterocycles.